The van der Waals surface area contributed by atoms with E-state index in [1.54, 1.807) is 0 Å². The van der Waals surface area contributed by atoms with E-state index in [-0.39, 0.29) is 6.29 Å². The second-order valence-electron chi connectivity index (χ2n) is 2.80. The number of hydrogen-bond acceptors (Lipinski definition) is 2. The van der Waals surface area contributed by atoms with Gasteiger partial charge in [-0.3, -0.25) is 0 Å². The smallest absolute Gasteiger partial charge is 0.170 e. The van der Waals surface area contributed by atoms with Gasteiger partial charge in [-0.25, -0.2) is 0 Å². The fourth-order valence-electron chi connectivity index (χ4n) is 0.875. The van der Waals surface area contributed by atoms with E-state index in [1.807, 2.05) is 0 Å². The van der Waals surface area contributed by atoms with Crippen molar-refractivity contribution in [3.05, 3.63) is 0 Å². The fraction of sp³-hybridized carbons (Fsp3) is 1.00. The highest BCUT2D eigenvalue weighted by Gasteiger charge is 2.26. The van der Waals surface area contributed by atoms with Crippen LogP contribution < -0.4 is 0 Å². The molecule has 10 heavy (non-hydrogen) atoms. The van der Waals surface area contributed by atoms with E-state index >= 15 is 0 Å². The van der Waals surface area contributed by atoms with Crippen LogP contribution in [-0.4, -0.2) is 24.3 Å². The first-order valence-corrected chi connectivity index (χ1v) is 4.50. The average molecular weight is 209 g/mol. The van der Waals surface area contributed by atoms with Crippen molar-refractivity contribution in [2.45, 2.75) is 25.0 Å². The summed E-state index contributed by atoms with van der Waals surface area (Å²) in [5.41, 5.74) is 0. The van der Waals surface area contributed by atoms with Crippen LogP contribution in [0.5, 0.6) is 0 Å². The Morgan fingerprint density at radius 2 is 1.80 bits per heavy atom. The minimum Gasteiger partial charge on any atom is -0.349 e. The highest BCUT2D eigenvalue weighted by atomic mass is 79.9. The minimum atomic E-state index is -0.0278. The summed E-state index contributed by atoms with van der Waals surface area (Å²) in [4.78, 5) is 0.329. The van der Waals surface area contributed by atoms with Gasteiger partial charge in [-0.2, -0.15) is 0 Å². The van der Waals surface area contributed by atoms with E-state index in [1.165, 1.54) is 0 Å². The molecule has 0 spiro atoms. The normalized spacial score (nSPS) is 24.0. The fourth-order valence-corrected chi connectivity index (χ4v) is 1.18. The second kappa shape index (κ2) is 3.69. The van der Waals surface area contributed by atoms with Crippen molar-refractivity contribution >= 4 is 15.9 Å². The molecule has 60 valence electrons. The first-order chi connectivity index (χ1) is 4.72. The highest BCUT2D eigenvalue weighted by molar-refractivity contribution is 9.09. The topological polar surface area (TPSA) is 18.5 Å². The van der Waals surface area contributed by atoms with E-state index in [2.05, 4.69) is 29.8 Å². The van der Waals surface area contributed by atoms with Crippen molar-refractivity contribution in [2.75, 3.05) is 13.2 Å². The maximum Gasteiger partial charge on any atom is 0.170 e. The summed E-state index contributed by atoms with van der Waals surface area (Å²) in [5, 5.41) is 0. The van der Waals surface area contributed by atoms with Crippen LogP contribution in [0.25, 0.3) is 0 Å². The monoisotopic (exact) mass is 208 g/mol. The lowest BCUT2D eigenvalue weighted by atomic mass is 10.1. The third-order valence-corrected chi connectivity index (χ3v) is 3.03. The molecule has 1 rings (SSSR count). The van der Waals surface area contributed by atoms with E-state index in [4.69, 9.17) is 9.47 Å². The van der Waals surface area contributed by atoms with Crippen LogP contribution in [0.3, 0.4) is 0 Å². The van der Waals surface area contributed by atoms with Gasteiger partial charge in [0.2, 0.25) is 0 Å². The van der Waals surface area contributed by atoms with E-state index in [9.17, 15) is 0 Å². The summed E-state index contributed by atoms with van der Waals surface area (Å²) in [6, 6.07) is 0. The van der Waals surface area contributed by atoms with Crippen LogP contribution in [0.15, 0.2) is 0 Å². The zero-order valence-electron chi connectivity index (χ0n) is 6.34. The summed E-state index contributed by atoms with van der Waals surface area (Å²) in [6.45, 7) is 5.76. The SMILES string of the molecule is CC(C)C(Br)C1OCCO1. The summed E-state index contributed by atoms with van der Waals surface area (Å²) in [7, 11) is 0. The molecule has 0 aliphatic carbocycles. The van der Waals surface area contributed by atoms with Gasteiger partial charge in [0.1, 0.15) is 0 Å². The summed E-state index contributed by atoms with van der Waals surface area (Å²) >= 11 is 3.52. The van der Waals surface area contributed by atoms with Gasteiger partial charge >= 0.3 is 0 Å². The molecule has 0 N–H and O–H groups in total. The molecule has 0 aromatic rings. The predicted octanol–water partition coefficient (Wildman–Crippen LogP) is 1.78. The summed E-state index contributed by atoms with van der Waals surface area (Å²) in [5.74, 6) is 0.558. The number of halogens is 1. The van der Waals surface area contributed by atoms with Crippen molar-refractivity contribution in [3.8, 4) is 0 Å². The molecule has 0 aromatic carbocycles. The first kappa shape index (κ1) is 8.50. The Morgan fingerprint density at radius 3 is 2.20 bits per heavy atom. The van der Waals surface area contributed by atoms with Crippen LogP contribution in [0.2, 0.25) is 0 Å². The van der Waals surface area contributed by atoms with Gasteiger partial charge in [0.05, 0.1) is 18.0 Å². The van der Waals surface area contributed by atoms with E-state index in [0.29, 0.717) is 10.7 Å². The van der Waals surface area contributed by atoms with Crippen molar-refractivity contribution < 1.29 is 9.47 Å². The quantitative estimate of drug-likeness (QED) is 0.645. The molecule has 1 heterocycles. The average Bonchev–Trinajstić information content (AvgIpc) is 2.36. The van der Waals surface area contributed by atoms with Gasteiger partial charge in [-0.15, -0.1) is 0 Å². The van der Waals surface area contributed by atoms with Gasteiger partial charge in [0.25, 0.3) is 0 Å². The molecule has 1 fully saturated rings. The second-order valence-corrected chi connectivity index (χ2v) is 3.86. The molecule has 0 saturated carbocycles. The van der Waals surface area contributed by atoms with Crippen LogP contribution in [0.4, 0.5) is 0 Å². The molecule has 0 amide bonds. The lowest BCUT2D eigenvalue weighted by Crippen LogP contribution is -2.25. The maximum absolute atomic E-state index is 5.31. The van der Waals surface area contributed by atoms with Crippen molar-refractivity contribution in [3.63, 3.8) is 0 Å². The lowest BCUT2D eigenvalue weighted by Gasteiger charge is -2.18. The zero-order valence-corrected chi connectivity index (χ0v) is 7.93. The number of alkyl halides is 1. The molecule has 0 bridgehead atoms. The van der Waals surface area contributed by atoms with Gasteiger partial charge in [0.15, 0.2) is 6.29 Å². The standard InChI is InChI=1S/C7H13BrO2/c1-5(2)6(8)7-9-3-4-10-7/h5-7H,3-4H2,1-2H3. The van der Waals surface area contributed by atoms with E-state index < -0.39 is 0 Å². The van der Waals surface area contributed by atoms with Crippen LogP contribution >= 0.6 is 15.9 Å². The van der Waals surface area contributed by atoms with E-state index in [0.717, 1.165) is 13.2 Å². The Balaban J connectivity index is 2.32. The Morgan fingerprint density at radius 1 is 1.30 bits per heavy atom. The zero-order chi connectivity index (χ0) is 7.56. The van der Waals surface area contributed by atoms with Gasteiger partial charge in [0, 0.05) is 0 Å². The molecule has 1 atom stereocenters. The third kappa shape index (κ3) is 1.94. The van der Waals surface area contributed by atoms with Crippen molar-refractivity contribution in [2.24, 2.45) is 5.92 Å². The number of rotatable bonds is 2. The lowest BCUT2D eigenvalue weighted by molar-refractivity contribution is -0.0473. The minimum absolute atomic E-state index is 0.0278. The van der Waals surface area contributed by atoms with Crippen molar-refractivity contribution in [1.29, 1.82) is 0 Å². The molecule has 0 radical (unpaired) electrons. The van der Waals surface area contributed by atoms with Crippen LogP contribution in [-0.2, 0) is 9.47 Å². The van der Waals surface area contributed by atoms with Gasteiger partial charge in [-0.05, 0) is 5.92 Å². The van der Waals surface area contributed by atoms with Gasteiger partial charge in [-0.1, -0.05) is 29.8 Å². The molecule has 1 aliphatic rings. The Bertz CT molecular complexity index is 99.8. The van der Waals surface area contributed by atoms with Crippen LogP contribution in [0.1, 0.15) is 13.8 Å². The third-order valence-electron chi connectivity index (χ3n) is 1.54. The molecular formula is C7H13BrO2. The largest absolute Gasteiger partial charge is 0.349 e. The number of hydrogen-bond donors (Lipinski definition) is 0. The molecule has 1 aliphatic heterocycles. The Labute approximate surface area is 70.0 Å². The highest BCUT2D eigenvalue weighted by Crippen LogP contribution is 2.22. The maximum atomic E-state index is 5.31. The first-order valence-electron chi connectivity index (χ1n) is 3.59. The van der Waals surface area contributed by atoms with Crippen LogP contribution in [0, 0.1) is 5.92 Å². The number of ether oxygens (including phenoxy) is 2. The molecule has 1 saturated heterocycles. The van der Waals surface area contributed by atoms with Gasteiger partial charge < -0.3 is 9.47 Å². The molecule has 2 nitrogen and oxygen atoms in total. The predicted molar refractivity (Wildman–Crippen MR) is 43.2 cm³/mol. The summed E-state index contributed by atoms with van der Waals surface area (Å²) in [6.07, 6.45) is -0.0278. The summed E-state index contributed by atoms with van der Waals surface area (Å²) < 4.78 is 10.6. The Kier molecular flexibility index (Phi) is 3.14. The van der Waals surface area contributed by atoms with Crippen molar-refractivity contribution in [1.82, 2.24) is 0 Å². The molecule has 3 heteroatoms. The molecular weight excluding hydrogens is 196 g/mol. The molecule has 0 aromatic heterocycles. The Hall–Kier alpha value is 0.400. The molecule has 1 unspecified atom stereocenters.